The van der Waals surface area contributed by atoms with Crippen molar-refractivity contribution in [1.29, 1.82) is 0 Å². The van der Waals surface area contributed by atoms with Gasteiger partial charge in [-0.15, -0.1) is 0 Å². The number of fused-ring (bicyclic) bond motifs is 1. The van der Waals surface area contributed by atoms with Gasteiger partial charge in [0.2, 0.25) is 0 Å². The molecule has 2 rings (SSSR count). The average molecular weight is 278 g/mol. The summed E-state index contributed by atoms with van der Waals surface area (Å²) < 4.78 is 0. The molecule has 0 amide bonds. The zero-order valence-corrected chi connectivity index (χ0v) is 12.9. The van der Waals surface area contributed by atoms with Crippen LogP contribution in [0.4, 0.5) is 0 Å². The van der Waals surface area contributed by atoms with E-state index >= 15 is 0 Å². The minimum Gasteiger partial charge on any atom is -0.266 e. The fraction of sp³-hybridized carbons (Fsp3) is 0.429. The van der Waals surface area contributed by atoms with Crippen LogP contribution in [0.1, 0.15) is 34.1 Å². The van der Waals surface area contributed by atoms with Gasteiger partial charge in [0.25, 0.3) is 0 Å². The van der Waals surface area contributed by atoms with Gasteiger partial charge in [-0.25, -0.2) is 4.99 Å². The fourth-order valence-electron chi connectivity index (χ4n) is 1.79. The molecule has 0 saturated carbocycles. The summed E-state index contributed by atoms with van der Waals surface area (Å²) >= 11 is 0. The van der Waals surface area contributed by atoms with Crippen molar-refractivity contribution in [3.63, 3.8) is 0 Å². The highest BCUT2D eigenvalue weighted by molar-refractivity contribution is 8.80. The van der Waals surface area contributed by atoms with Crippen LogP contribution in [0.2, 0.25) is 0 Å². The Balaban J connectivity index is 2.61. The molecule has 0 atom stereocenters. The molecular weight excluding hydrogens is 260 g/mol. The number of amidine groups is 1. The minimum atomic E-state index is 0.775. The van der Waals surface area contributed by atoms with Gasteiger partial charge in [0, 0.05) is 28.1 Å². The van der Waals surface area contributed by atoms with Crippen LogP contribution >= 0.6 is 21.6 Å². The minimum absolute atomic E-state index is 0.775. The maximum atomic E-state index is 4.59. The summed E-state index contributed by atoms with van der Waals surface area (Å²) in [6, 6.07) is 0. The summed E-state index contributed by atoms with van der Waals surface area (Å²) in [5, 5.41) is 0. The summed E-state index contributed by atoms with van der Waals surface area (Å²) in [5.74, 6) is 0.893. The molecule has 96 valence electrons. The van der Waals surface area contributed by atoms with Gasteiger partial charge < -0.3 is 0 Å². The van der Waals surface area contributed by atoms with Crippen LogP contribution in [0.25, 0.3) is 0 Å². The molecule has 0 radical (unpaired) electrons. The monoisotopic (exact) mass is 278 g/mol. The lowest BCUT2D eigenvalue weighted by Gasteiger charge is -2.10. The molecule has 0 aromatic heterocycles. The maximum Gasteiger partial charge on any atom is 0.156 e. The highest BCUT2D eigenvalue weighted by Gasteiger charge is 2.25. The largest absolute Gasteiger partial charge is 0.266 e. The molecule has 2 nitrogen and oxygen atoms in total. The predicted octanol–water partition coefficient (Wildman–Crippen LogP) is 4.77. The van der Waals surface area contributed by atoms with E-state index in [1.165, 1.54) is 26.5 Å². The van der Waals surface area contributed by atoms with Crippen molar-refractivity contribution in [3.05, 3.63) is 32.6 Å². The van der Waals surface area contributed by atoms with Crippen molar-refractivity contribution in [1.82, 2.24) is 0 Å². The van der Waals surface area contributed by atoms with Gasteiger partial charge in [-0.2, -0.15) is 0 Å². The lowest BCUT2D eigenvalue weighted by molar-refractivity contribution is 1.11. The second-order valence-corrected chi connectivity index (χ2v) is 6.52. The molecule has 4 heteroatoms. The van der Waals surface area contributed by atoms with Gasteiger partial charge in [-0.3, -0.25) is 4.99 Å². The number of allylic oxidation sites excluding steroid dienone is 4. The van der Waals surface area contributed by atoms with E-state index in [0.29, 0.717) is 0 Å². The molecule has 2 heterocycles. The van der Waals surface area contributed by atoms with Gasteiger partial charge in [-0.05, 0) is 44.4 Å². The summed E-state index contributed by atoms with van der Waals surface area (Å²) in [6.45, 7) is 9.27. The van der Waals surface area contributed by atoms with Crippen LogP contribution in [0.5, 0.6) is 0 Å². The molecule has 0 aromatic rings. The van der Waals surface area contributed by atoms with Crippen LogP contribution < -0.4 is 0 Å². The van der Waals surface area contributed by atoms with E-state index in [2.05, 4.69) is 43.8 Å². The summed E-state index contributed by atoms with van der Waals surface area (Å²) in [7, 11) is 3.68. The lowest BCUT2D eigenvalue weighted by Crippen LogP contribution is -2.05. The van der Waals surface area contributed by atoms with Crippen LogP contribution in [-0.4, -0.2) is 18.6 Å². The Bertz CT molecular complexity index is 508. The Kier molecular flexibility index (Phi) is 4.51. The van der Waals surface area contributed by atoms with E-state index < -0.39 is 0 Å². The molecule has 0 saturated heterocycles. The molecule has 0 N–H and O–H groups in total. The topological polar surface area (TPSA) is 24.7 Å². The van der Waals surface area contributed by atoms with E-state index in [0.717, 1.165) is 18.8 Å². The highest BCUT2D eigenvalue weighted by Crippen LogP contribution is 2.52. The zero-order valence-electron chi connectivity index (χ0n) is 11.3. The van der Waals surface area contributed by atoms with Crippen LogP contribution in [0.3, 0.4) is 0 Å². The quantitative estimate of drug-likeness (QED) is 0.680. The zero-order chi connectivity index (χ0) is 13.1. The number of hydrogen-bond acceptors (Lipinski definition) is 3. The third-order valence-corrected chi connectivity index (χ3v) is 5.63. The smallest absolute Gasteiger partial charge is 0.156 e. The summed E-state index contributed by atoms with van der Waals surface area (Å²) in [5.41, 5.74) is 3.74. The van der Waals surface area contributed by atoms with Crippen LogP contribution in [-0.2, 0) is 0 Å². The average Bonchev–Trinajstić information content (AvgIpc) is 2.75. The normalized spacial score (nSPS) is 30.9. The SMILES string of the molecule is CC/N=C1/N=C/C(C)=C(C)\C=C2/SSC(CC)=C21. The van der Waals surface area contributed by atoms with E-state index in [1.807, 2.05) is 27.8 Å². The van der Waals surface area contributed by atoms with E-state index in [4.69, 9.17) is 0 Å². The third kappa shape index (κ3) is 2.64. The number of hydrogen-bond donors (Lipinski definition) is 0. The van der Waals surface area contributed by atoms with Gasteiger partial charge >= 0.3 is 0 Å². The van der Waals surface area contributed by atoms with Crippen molar-refractivity contribution in [2.45, 2.75) is 34.1 Å². The first-order valence-electron chi connectivity index (χ1n) is 6.23. The Morgan fingerprint density at radius 3 is 2.61 bits per heavy atom. The van der Waals surface area contributed by atoms with Crippen molar-refractivity contribution in [2.75, 3.05) is 6.54 Å². The molecule has 0 fully saturated rings. The van der Waals surface area contributed by atoms with Crippen LogP contribution in [0.15, 0.2) is 42.6 Å². The van der Waals surface area contributed by atoms with Gasteiger partial charge in [0.1, 0.15) is 0 Å². The Labute approximate surface area is 117 Å². The molecule has 0 aliphatic carbocycles. The first kappa shape index (κ1) is 13.7. The first-order chi connectivity index (χ1) is 8.67. The van der Waals surface area contributed by atoms with Crippen molar-refractivity contribution >= 4 is 33.6 Å². The predicted molar refractivity (Wildman–Crippen MR) is 85.4 cm³/mol. The Morgan fingerprint density at radius 1 is 1.17 bits per heavy atom. The highest BCUT2D eigenvalue weighted by atomic mass is 33.1. The molecule has 0 unspecified atom stereocenters. The molecule has 18 heavy (non-hydrogen) atoms. The van der Waals surface area contributed by atoms with E-state index in [9.17, 15) is 0 Å². The molecular formula is C14H18N2S2. The van der Waals surface area contributed by atoms with Crippen molar-refractivity contribution < 1.29 is 0 Å². The molecule has 2 aliphatic heterocycles. The van der Waals surface area contributed by atoms with Crippen molar-refractivity contribution in [2.24, 2.45) is 9.98 Å². The van der Waals surface area contributed by atoms with Crippen LogP contribution in [0, 0.1) is 0 Å². The second-order valence-electron chi connectivity index (χ2n) is 4.25. The molecule has 0 bridgehead atoms. The van der Waals surface area contributed by atoms with E-state index in [-0.39, 0.29) is 0 Å². The third-order valence-electron chi connectivity index (χ3n) is 2.96. The number of aliphatic imine (C=N–C) groups is 2. The van der Waals surface area contributed by atoms with Crippen molar-refractivity contribution in [3.8, 4) is 0 Å². The van der Waals surface area contributed by atoms with Gasteiger partial charge in [0.05, 0.1) is 0 Å². The molecule has 0 spiro atoms. The second kappa shape index (κ2) is 5.93. The lowest BCUT2D eigenvalue weighted by atomic mass is 10.1. The standard InChI is InChI=1S/C14H18N2S2/c1-5-11-13-12(18-17-11)7-9(3)10(4)8-16-14(13)15-6-2/h7-8H,5-6H2,1-4H3/b10-9-,12-7-,15-14+,16-8+. The maximum absolute atomic E-state index is 4.59. The van der Waals surface area contributed by atoms with E-state index in [1.54, 1.807) is 0 Å². The Hall–Kier alpha value is -0.740. The molecule has 0 aromatic carbocycles. The fourth-order valence-corrected chi connectivity index (χ4v) is 4.54. The number of nitrogens with zero attached hydrogens (tertiary/aromatic N) is 2. The molecule has 2 aliphatic rings. The summed E-state index contributed by atoms with van der Waals surface area (Å²) in [4.78, 5) is 11.8. The first-order valence-corrected chi connectivity index (χ1v) is 8.38. The Morgan fingerprint density at radius 2 is 1.94 bits per heavy atom. The number of rotatable bonds is 2. The van der Waals surface area contributed by atoms with Gasteiger partial charge in [-0.1, -0.05) is 28.5 Å². The summed E-state index contributed by atoms with van der Waals surface area (Å²) in [6.07, 6.45) is 5.25. The van der Waals surface area contributed by atoms with Gasteiger partial charge in [0.15, 0.2) is 5.84 Å².